The number of methoxy groups -OCH3 is 1. The van der Waals surface area contributed by atoms with Crippen molar-refractivity contribution < 1.29 is 9.53 Å². The van der Waals surface area contributed by atoms with Crippen LogP contribution in [0.1, 0.15) is 16.8 Å². The van der Waals surface area contributed by atoms with Gasteiger partial charge >= 0.3 is 0 Å². The van der Waals surface area contributed by atoms with Gasteiger partial charge in [0, 0.05) is 30.6 Å². The minimum atomic E-state index is 0.0389. The van der Waals surface area contributed by atoms with Gasteiger partial charge in [-0.15, -0.1) is 0 Å². The van der Waals surface area contributed by atoms with Gasteiger partial charge in [-0.3, -0.25) is 4.79 Å². The average molecular weight is 361 g/mol. The summed E-state index contributed by atoms with van der Waals surface area (Å²) in [5.74, 6) is 0.835. The number of hydrogen-bond acceptors (Lipinski definition) is 4. The second-order valence-electron chi connectivity index (χ2n) is 6.86. The predicted octanol–water partition coefficient (Wildman–Crippen LogP) is 3.34. The lowest BCUT2D eigenvalue weighted by molar-refractivity contribution is 0.0745. The lowest BCUT2D eigenvalue weighted by Gasteiger charge is -2.24. The smallest absolute Gasteiger partial charge is 0.254 e. The van der Waals surface area contributed by atoms with Crippen molar-refractivity contribution in [1.82, 2.24) is 15.2 Å². The molecule has 5 nitrogen and oxygen atoms in total. The van der Waals surface area contributed by atoms with Crippen LogP contribution in [0.5, 0.6) is 5.75 Å². The van der Waals surface area contributed by atoms with Gasteiger partial charge in [-0.1, -0.05) is 18.2 Å². The van der Waals surface area contributed by atoms with E-state index in [-0.39, 0.29) is 11.9 Å². The highest BCUT2D eigenvalue weighted by molar-refractivity contribution is 6.07. The molecular weight excluding hydrogens is 338 g/mol. The number of pyridine rings is 1. The van der Waals surface area contributed by atoms with Crippen molar-refractivity contribution in [3.63, 3.8) is 0 Å². The van der Waals surface area contributed by atoms with Crippen molar-refractivity contribution >= 4 is 16.8 Å². The van der Waals surface area contributed by atoms with Crippen LogP contribution in [0.25, 0.3) is 22.2 Å². The van der Waals surface area contributed by atoms with Crippen LogP contribution >= 0.6 is 0 Å². The number of ether oxygens (including phenoxy) is 1. The SMILES string of the molecule is COc1ccc(-c2cc(C(=O)N(C)C3CCNC3)c3ccccc3n2)cc1. The Kier molecular flexibility index (Phi) is 4.77. The number of nitrogens with one attached hydrogen (secondary N) is 1. The molecule has 1 atom stereocenters. The van der Waals surface area contributed by atoms with Gasteiger partial charge in [0.05, 0.1) is 23.9 Å². The quantitative estimate of drug-likeness (QED) is 0.774. The van der Waals surface area contributed by atoms with E-state index >= 15 is 0 Å². The number of rotatable bonds is 4. The van der Waals surface area contributed by atoms with E-state index in [1.54, 1.807) is 7.11 Å². The summed E-state index contributed by atoms with van der Waals surface area (Å²) in [4.78, 5) is 19.9. The minimum Gasteiger partial charge on any atom is -0.497 e. The molecule has 0 aliphatic carbocycles. The molecule has 1 aliphatic heterocycles. The minimum absolute atomic E-state index is 0.0389. The number of para-hydroxylation sites is 1. The third-order valence-electron chi connectivity index (χ3n) is 5.23. The van der Waals surface area contributed by atoms with E-state index in [4.69, 9.17) is 9.72 Å². The number of aromatic nitrogens is 1. The third-order valence-corrected chi connectivity index (χ3v) is 5.23. The average Bonchev–Trinajstić information content (AvgIpc) is 3.27. The maximum Gasteiger partial charge on any atom is 0.254 e. The number of nitrogens with zero attached hydrogens (tertiary/aromatic N) is 2. The van der Waals surface area contributed by atoms with Gasteiger partial charge in [0.2, 0.25) is 0 Å². The number of likely N-dealkylation sites (N-methyl/N-ethyl adjacent to an activating group) is 1. The van der Waals surface area contributed by atoms with Crippen molar-refractivity contribution in [1.29, 1.82) is 0 Å². The summed E-state index contributed by atoms with van der Waals surface area (Å²) in [5.41, 5.74) is 3.27. The fourth-order valence-electron chi connectivity index (χ4n) is 3.59. The highest BCUT2D eigenvalue weighted by Gasteiger charge is 2.25. The number of carbonyl (C=O) groups is 1. The Morgan fingerprint density at radius 2 is 1.96 bits per heavy atom. The van der Waals surface area contributed by atoms with Crippen molar-refractivity contribution in [3.8, 4) is 17.0 Å². The maximum absolute atomic E-state index is 13.3. The molecule has 0 radical (unpaired) electrons. The van der Waals surface area contributed by atoms with Gasteiger partial charge in [-0.05, 0) is 49.4 Å². The van der Waals surface area contributed by atoms with Crippen molar-refractivity contribution in [3.05, 3.63) is 60.2 Å². The van der Waals surface area contributed by atoms with E-state index in [0.29, 0.717) is 5.56 Å². The molecule has 0 spiro atoms. The standard InChI is InChI=1S/C22H23N3O2/c1-25(16-11-12-23-14-16)22(26)19-13-21(15-7-9-17(27-2)10-8-15)24-20-6-4-3-5-18(19)20/h3-10,13,16,23H,11-12,14H2,1-2H3. The zero-order valence-corrected chi connectivity index (χ0v) is 15.6. The Labute approximate surface area is 159 Å². The molecule has 1 fully saturated rings. The fraction of sp³-hybridized carbons (Fsp3) is 0.273. The Balaban J connectivity index is 1.79. The van der Waals surface area contributed by atoms with Gasteiger partial charge in [0.15, 0.2) is 0 Å². The molecule has 0 saturated carbocycles. The second-order valence-corrected chi connectivity index (χ2v) is 6.86. The molecule has 2 aromatic carbocycles. The predicted molar refractivity (Wildman–Crippen MR) is 107 cm³/mol. The van der Waals surface area contributed by atoms with Crippen LogP contribution < -0.4 is 10.1 Å². The van der Waals surface area contributed by atoms with Crippen LogP contribution in [0, 0.1) is 0 Å². The molecule has 2 heterocycles. The summed E-state index contributed by atoms with van der Waals surface area (Å²) in [7, 11) is 3.54. The van der Waals surface area contributed by atoms with Crippen molar-refractivity contribution in [2.75, 3.05) is 27.2 Å². The molecule has 1 aliphatic rings. The monoisotopic (exact) mass is 361 g/mol. The van der Waals surface area contributed by atoms with Crippen LogP contribution in [0.4, 0.5) is 0 Å². The van der Waals surface area contributed by atoms with Gasteiger partial charge in [-0.2, -0.15) is 0 Å². The first-order valence-electron chi connectivity index (χ1n) is 9.19. The first kappa shape index (κ1) is 17.5. The number of hydrogen-bond donors (Lipinski definition) is 1. The van der Waals surface area contributed by atoms with Crippen LogP contribution in [0.15, 0.2) is 54.6 Å². The third kappa shape index (κ3) is 3.38. The van der Waals surface area contributed by atoms with Crippen LogP contribution in [0.2, 0.25) is 0 Å². The Morgan fingerprint density at radius 1 is 1.19 bits per heavy atom. The summed E-state index contributed by atoms with van der Waals surface area (Å²) in [5, 5.41) is 4.21. The molecule has 1 unspecified atom stereocenters. The van der Waals surface area contributed by atoms with E-state index in [0.717, 1.165) is 47.4 Å². The van der Waals surface area contributed by atoms with E-state index in [9.17, 15) is 4.79 Å². The first-order chi connectivity index (χ1) is 13.2. The largest absolute Gasteiger partial charge is 0.497 e. The highest BCUT2D eigenvalue weighted by Crippen LogP contribution is 2.27. The molecular formula is C22H23N3O2. The molecule has 3 aromatic rings. The first-order valence-corrected chi connectivity index (χ1v) is 9.19. The van der Waals surface area contributed by atoms with E-state index in [1.807, 2.05) is 66.5 Å². The topological polar surface area (TPSA) is 54.5 Å². The number of carbonyl (C=O) groups excluding carboxylic acids is 1. The van der Waals surface area contributed by atoms with Gasteiger partial charge in [0.25, 0.3) is 5.91 Å². The molecule has 27 heavy (non-hydrogen) atoms. The molecule has 0 bridgehead atoms. The molecule has 1 N–H and O–H groups in total. The summed E-state index contributed by atoms with van der Waals surface area (Å²) < 4.78 is 5.24. The zero-order chi connectivity index (χ0) is 18.8. The normalized spacial score (nSPS) is 16.4. The fourth-order valence-corrected chi connectivity index (χ4v) is 3.59. The van der Waals surface area contributed by atoms with Gasteiger partial charge in [-0.25, -0.2) is 4.98 Å². The molecule has 4 rings (SSSR count). The van der Waals surface area contributed by atoms with E-state index in [1.165, 1.54) is 0 Å². The summed E-state index contributed by atoms with van der Waals surface area (Å²) in [6.45, 7) is 1.80. The van der Waals surface area contributed by atoms with Gasteiger partial charge in [0.1, 0.15) is 5.75 Å². The molecule has 138 valence electrons. The highest BCUT2D eigenvalue weighted by atomic mass is 16.5. The Bertz CT molecular complexity index is 963. The summed E-state index contributed by atoms with van der Waals surface area (Å²) >= 11 is 0. The Morgan fingerprint density at radius 3 is 2.67 bits per heavy atom. The Hall–Kier alpha value is -2.92. The molecule has 1 amide bonds. The van der Waals surface area contributed by atoms with Crippen LogP contribution in [-0.2, 0) is 0 Å². The number of amides is 1. The number of benzene rings is 2. The summed E-state index contributed by atoms with van der Waals surface area (Å²) in [6, 6.07) is 17.7. The summed E-state index contributed by atoms with van der Waals surface area (Å²) in [6.07, 6.45) is 0.983. The zero-order valence-electron chi connectivity index (χ0n) is 15.6. The van der Waals surface area contributed by atoms with E-state index < -0.39 is 0 Å². The lowest BCUT2D eigenvalue weighted by Crippen LogP contribution is -2.38. The molecule has 1 aromatic heterocycles. The number of fused-ring (bicyclic) bond motifs is 1. The van der Waals surface area contributed by atoms with Crippen molar-refractivity contribution in [2.24, 2.45) is 0 Å². The van der Waals surface area contributed by atoms with E-state index in [2.05, 4.69) is 5.32 Å². The molecule has 1 saturated heterocycles. The maximum atomic E-state index is 13.3. The van der Waals surface area contributed by atoms with Gasteiger partial charge < -0.3 is 15.0 Å². The lowest BCUT2D eigenvalue weighted by atomic mass is 10.0. The van der Waals surface area contributed by atoms with Crippen LogP contribution in [0.3, 0.4) is 0 Å². The van der Waals surface area contributed by atoms with Crippen LogP contribution in [-0.4, -0.2) is 49.1 Å². The second kappa shape index (κ2) is 7.37. The van der Waals surface area contributed by atoms with Crippen molar-refractivity contribution in [2.45, 2.75) is 12.5 Å². The molecule has 5 heteroatoms.